The second kappa shape index (κ2) is 7.77. The van der Waals surface area contributed by atoms with Crippen LogP contribution in [0.25, 0.3) is 0 Å². The zero-order chi connectivity index (χ0) is 17.6. The number of benzene rings is 2. The highest BCUT2D eigenvalue weighted by Gasteiger charge is 2.21. The molecule has 4 nitrogen and oxygen atoms in total. The molecule has 0 unspecified atom stereocenters. The third-order valence-electron chi connectivity index (χ3n) is 3.57. The van der Waals surface area contributed by atoms with Gasteiger partial charge in [-0.1, -0.05) is 57.2 Å². The van der Waals surface area contributed by atoms with Crippen LogP contribution in [-0.2, 0) is 16.0 Å². The number of hydrogen-bond acceptors (Lipinski definition) is 2. The number of anilines is 2. The van der Waals surface area contributed by atoms with E-state index in [4.69, 9.17) is 0 Å². The van der Waals surface area contributed by atoms with Crippen molar-refractivity contribution in [1.29, 1.82) is 0 Å². The highest BCUT2D eigenvalue weighted by molar-refractivity contribution is 5.96. The molecule has 2 aromatic carbocycles. The molecule has 24 heavy (non-hydrogen) atoms. The van der Waals surface area contributed by atoms with E-state index >= 15 is 0 Å². The van der Waals surface area contributed by atoms with Gasteiger partial charge in [0, 0.05) is 23.2 Å². The standard InChI is InChI=1S/C20H24N2O2/c1-20(2,3)19(24)22-17-11-7-10-16(14-17)21-18(23)13-12-15-8-5-4-6-9-15/h4-11,14H,12-13H2,1-3H3,(H,21,23)(H,22,24). The number of nitrogens with one attached hydrogen (secondary N) is 2. The molecule has 0 aromatic heterocycles. The number of carbonyl (C=O) groups is 2. The molecular formula is C20H24N2O2. The predicted octanol–water partition coefficient (Wildman–Crippen LogP) is 4.24. The molecule has 0 fully saturated rings. The van der Waals surface area contributed by atoms with E-state index in [1.165, 1.54) is 0 Å². The molecule has 0 radical (unpaired) electrons. The first-order chi connectivity index (χ1) is 11.3. The fourth-order valence-corrected chi connectivity index (χ4v) is 2.12. The van der Waals surface area contributed by atoms with Gasteiger partial charge in [-0.05, 0) is 30.2 Å². The third kappa shape index (κ3) is 5.54. The summed E-state index contributed by atoms with van der Waals surface area (Å²) in [6.07, 6.45) is 1.12. The van der Waals surface area contributed by atoms with Crippen LogP contribution < -0.4 is 10.6 Å². The molecule has 0 spiro atoms. The van der Waals surface area contributed by atoms with E-state index in [0.29, 0.717) is 24.2 Å². The van der Waals surface area contributed by atoms with Crippen molar-refractivity contribution in [3.8, 4) is 0 Å². The average molecular weight is 324 g/mol. The average Bonchev–Trinajstić information content (AvgIpc) is 2.53. The van der Waals surface area contributed by atoms with Gasteiger partial charge < -0.3 is 10.6 Å². The first-order valence-electron chi connectivity index (χ1n) is 8.10. The highest BCUT2D eigenvalue weighted by Crippen LogP contribution is 2.20. The van der Waals surface area contributed by atoms with Crippen LogP contribution >= 0.6 is 0 Å². The van der Waals surface area contributed by atoms with Gasteiger partial charge in [-0.3, -0.25) is 9.59 Å². The minimum absolute atomic E-state index is 0.0434. The van der Waals surface area contributed by atoms with Crippen molar-refractivity contribution in [1.82, 2.24) is 0 Å². The summed E-state index contributed by atoms with van der Waals surface area (Å²) in [6.45, 7) is 5.58. The summed E-state index contributed by atoms with van der Waals surface area (Å²) < 4.78 is 0. The number of carbonyl (C=O) groups excluding carboxylic acids is 2. The van der Waals surface area contributed by atoms with Gasteiger partial charge in [-0.2, -0.15) is 0 Å². The number of hydrogen-bond donors (Lipinski definition) is 2. The molecule has 0 saturated carbocycles. The molecule has 2 rings (SSSR count). The van der Waals surface area contributed by atoms with Crippen molar-refractivity contribution in [2.45, 2.75) is 33.6 Å². The van der Waals surface area contributed by atoms with Gasteiger partial charge >= 0.3 is 0 Å². The van der Waals surface area contributed by atoms with Gasteiger partial charge in [0.05, 0.1) is 0 Å². The Morgan fingerprint density at radius 1 is 0.875 bits per heavy atom. The first kappa shape index (κ1) is 17.7. The van der Waals surface area contributed by atoms with Crippen molar-refractivity contribution >= 4 is 23.2 Å². The Morgan fingerprint density at radius 3 is 2.12 bits per heavy atom. The molecule has 0 saturated heterocycles. The molecule has 2 aromatic rings. The van der Waals surface area contributed by atoms with E-state index in [0.717, 1.165) is 5.56 Å². The summed E-state index contributed by atoms with van der Waals surface area (Å²) in [6, 6.07) is 17.1. The molecule has 0 bridgehead atoms. The number of aryl methyl sites for hydroxylation is 1. The maximum absolute atomic E-state index is 12.1. The van der Waals surface area contributed by atoms with Crippen molar-refractivity contribution in [3.05, 3.63) is 60.2 Å². The predicted molar refractivity (Wildman–Crippen MR) is 97.9 cm³/mol. The molecule has 0 aliphatic rings. The number of rotatable bonds is 5. The lowest BCUT2D eigenvalue weighted by Gasteiger charge is -2.18. The van der Waals surface area contributed by atoms with Crippen molar-refractivity contribution < 1.29 is 9.59 Å². The van der Waals surface area contributed by atoms with Gasteiger partial charge in [0.25, 0.3) is 0 Å². The summed E-state index contributed by atoms with van der Waals surface area (Å²) in [7, 11) is 0. The lowest BCUT2D eigenvalue weighted by Crippen LogP contribution is -2.27. The summed E-state index contributed by atoms with van der Waals surface area (Å²) in [4.78, 5) is 24.1. The summed E-state index contributed by atoms with van der Waals surface area (Å²) in [5.74, 6) is -0.104. The van der Waals surface area contributed by atoms with E-state index in [9.17, 15) is 9.59 Å². The van der Waals surface area contributed by atoms with Crippen molar-refractivity contribution in [2.75, 3.05) is 10.6 Å². The van der Waals surface area contributed by atoms with E-state index in [-0.39, 0.29) is 11.8 Å². The number of amides is 2. The Bertz CT molecular complexity index is 703. The van der Waals surface area contributed by atoms with E-state index in [1.54, 1.807) is 6.07 Å². The lowest BCUT2D eigenvalue weighted by molar-refractivity contribution is -0.123. The molecule has 2 N–H and O–H groups in total. The second-order valence-electron chi connectivity index (χ2n) is 6.82. The summed E-state index contributed by atoms with van der Waals surface area (Å²) in [5, 5.41) is 5.74. The Hall–Kier alpha value is -2.62. The van der Waals surface area contributed by atoms with Crippen LogP contribution in [-0.4, -0.2) is 11.8 Å². The molecule has 0 aliphatic heterocycles. The monoisotopic (exact) mass is 324 g/mol. The van der Waals surface area contributed by atoms with Crippen LogP contribution in [0.15, 0.2) is 54.6 Å². The molecule has 4 heteroatoms. The van der Waals surface area contributed by atoms with Crippen molar-refractivity contribution in [3.63, 3.8) is 0 Å². The molecule has 0 aliphatic carbocycles. The Kier molecular flexibility index (Phi) is 5.74. The SMILES string of the molecule is CC(C)(C)C(=O)Nc1cccc(NC(=O)CCc2ccccc2)c1. The highest BCUT2D eigenvalue weighted by atomic mass is 16.2. The van der Waals surface area contributed by atoms with Gasteiger partial charge in [0.15, 0.2) is 0 Å². The molecule has 0 atom stereocenters. The zero-order valence-electron chi connectivity index (χ0n) is 14.4. The maximum atomic E-state index is 12.1. The maximum Gasteiger partial charge on any atom is 0.229 e. The smallest absolute Gasteiger partial charge is 0.229 e. The zero-order valence-corrected chi connectivity index (χ0v) is 14.4. The fraction of sp³-hybridized carbons (Fsp3) is 0.300. The van der Waals surface area contributed by atoms with Crippen LogP contribution in [0.4, 0.5) is 11.4 Å². The third-order valence-corrected chi connectivity index (χ3v) is 3.57. The van der Waals surface area contributed by atoms with Gasteiger partial charge in [0.2, 0.25) is 11.8 Å². The second-order valence-corrected chi connectivity index (χ2v) is 6.82. The van der Waals surface area contributed by atoms with Gasteiger partial charge in [-0.25, -0.2) is 0 Å². The Balaban J connectivity index is 1.91. The lowest BCUT2D eigenvalue weighted by atomic mass is 9.95. The van der Waals surface area contributed by atoms with Crippen LogP contribution in [0, 0.1) is 5.41 Å². The summed E-state index contributed by atoms with van der Waals surface area (Å²) >= 11 is 0. The van der Waals surface area contributed by atoms with Crippen LogP contribution in [0.5, 0.6) is 0 Å². The minimum atomic E-state index is -0.463. The largest absolute Gasteiger partial charge is 0.326 e. The quantitative estimate of drug-likeness (QED) is 0.864. The topological polar surface area (TPSA) is 58.2 Å². The first-order valence-corrected chi connectivity index (χ1v) is 8.10. The fourth-order valence-electron chi connectivity index (χ4n) is 2.12. The summed E-state index contributed by atoms with van der Waals surface area (Å²) in [5.41, 5.74) is 2.03. The Labute approximate surface area is 143 Å². The van der Waals surface area contributed by atoms with Crippen LogP contribution in [0.3, 0.4) is 0 Å². The Morgan fingerprint density at radius 2 is 1.50 bits per heavy atom. The van der Waals surface area contributed by atoms with Crippen LogP contribution in [0.1, 0.15) is 32.8 Å². The van der Waals surface area contributed by atoms with Gasteiger partial charge in [-0.15, -0.1) is 0 Å². The molecule has 126 valence electrons. The molecule has 2 amide bonds. The van der Waals surface area contributed by atoms with Crippen LogP contribution in [0.2, 0.25) is 0 Å². The van der Waals surface area contributed by atoms with Crippen molar-refractivity contribution in [2.24, 2.45) is 5.41 Å². The normalized spacial score (nSPS) is 11.0. The van der Waals surface area contributed by atoms with Gasteiger partial charge in [0.1, 0.15) is 0 Å². The molecular weight excluding hydrogens is 300 g/mol. The van der Waals surface area contributed by atoms with E-state index < -0.39 is 5.41 Å². The minimum Gasteiger partial charge on any atom is -0.326 e. The van der Waals surface area contributed by atoms with E-state index in [2.05, 4.69) is 10.6 Å². The van der Waals surface area contributed by atoms with E-state index in [1.807, 2.05) is 69.3 Å². The molecule has 0 heterocycles.